The second-order valence-corrected chi connectivity index (χ2v) is 5.98. The number of aromatic nitrogens is 2. The van der Waals surface area contributed by atoms with Crippen LogP contribution in [0, 0.1) is 0 Å². The van der Waals surface area contributed by atoms with Gasteiger partial charge < -0.3 is 4.42 Å². The molecule has 5 heteroatoms. The summed E-state index contributed by atoms with van der Waals surface area (Å²) in [6.07, 6.45) is 4.54. The first-order valence-corrected chi connectivity index (χ1v) is 7.48. The van der Waals surface area contributed by atoms with Crippen LogP contribution in [0.15, 0.2) is 22.7 Å². The van der Waals surface area contributed by atoms with E-state index in [-0.39, 0.29) is 0 Å². The molecule has 1 unspecified atom stereocenters. The van der Waals surface area contributed by atoms with E-state index in [1.165, 1.54) is 25.9 Å². The maximum absolute atomic E-state index is 5.78. The predicted octanol–water partition coefficient (Wildman–Crippen LogP) is 1.89. The van der Waals surface area contributed by atoms with Gasteiger partial charge in [0.15, 0.2) is 11.2 Å². The van der Waals surface area contributed by atoms with Gasteiger partial charge in [-0.2, -0.15) is 4.98 Å². The summed E-state index contributed by atoms with van der Waals surface area (Å²) in [6.45, 7) is 6.53. The zero-order valence-corrected chi connectivity index (χ0v) is 11.8. The van der Waals surface area contributed by atoms with Crippen LogP contribution in [0.3, 0.4) is 0 Å². The van der Waals surface area contributed by atoms with E-state index in [0.29, 0.717) is 11.7 Å². The molecular weight excluding hydrogens is 252 g/mol. The monoisotopic (exact) mass is 272 g/mol. The molecule has 1 saturated heterocycles. The highest BCUT2D eigenvalue weighted by atomic mass is 16.3. The summed E-state index contributed by atoms with van der Waals surface area (Å²) in [6, 6.07) is 5.24. The molecule has 2 aliphatic rings. The molecule has 0 bridgehead atoms. The van der Waals surface area contributed by atoms with Crippen molar-refractivity contribution < 1.29 is 4.42 Å². The number of pyridine rings is 1. The average Bonchev–Trinajstić information content (AvgIpc) is 3.21. The van der Waals surface area contributed by atoms with Crippen molar-refractivity contribution in [2.75, 3.05) is 19.6 Å². The molecule has 0 amide bonds. The Kier molecular flexibility index (Phi) is 2.97. The molecule has 2 aromatic heterocycles. The Bertz CT molecular complexity index is 574. The quantitative estimate of drug-likeness (QED) is 0.854. The average molecular weight is 272 g/mol. The highest BCUT2D eigenvalue weighted by Crippen LogP contribution is 2.29. The Labute approximate surface area is 118 Å². The smallest absolute Gasteiger partial charge is 0.211 e. The number of nitrogens with zero attached hydrogens (tertiary/aromatic N) is 4. The van der Waals surface area contributed by atoms with Crippen molar-refractivity contribution in [3.8, 4) is 0 Å². The van der Waals surface area contributed by atoms with Gasteiger partial charge in [-0.3, -0.25) is 9.80 Å². The molecule has 0 aromatic carbocycles. The van der Waals surface area contributed by atoms with Crippen molar-refractivity contribution in [2.24, 2.45) is 0 Å². The summed E-state index contributed by atoms with van der Waals surface area (Å²) in [5.74, 6) is 0.783. The molecule has 106 valence electrons. The molecule has 2 aromatic rings. The number of hydrogen-bond acceptors (Lipinski definition) is 5. The Hall–Kier alpha value is -1.46. The molecule has 2 fully saturated rings. The van der Waals surface area contributed by atoms with E-state index < -0.39 is 0 Å². The van der Waals surface area contributed by atoms with Gasteiger partial charge in [-0.15, -0.1) is 0 Å². The summed E-state index contributed by atoms with van der Waals surface area (Å²) in [4.78, 5) is 13.8. The second-order valence-electron chi connectivity index (χ2n) is 5.98. The van der Waals surface area contributed by atoms with E-state index in [9.17, 15) is 0 Å². The van der Waals surface area contributed by atoms with Gasteiger partial charge in [0, 0.05) is 37.9 Å². The predicted molar refractivity (Wildman–Crippen MR) is 76.3 cm³/mol. The van der Waals surface area contributed by atoms with Gasteiger partial charge in [0.05, 0.1) is 6.54 Å². The van der Waals surface area contributed by atoms with Crippen molar-refractivity contribution >= 4 is 11.2 Å². The molecule has 0 N–H and O–H groups in total. The first-order chi connectivity index (χ1) is 9.79. The third kappa shape index (κ3) is 2.31. The normalized spacial score (nSPS) is 25.4. The molecule has 0 spiro atoms. The van der Waals surface area contributed by atoms with Gasteiger partial charge in [0.2, 0.25) is 5.89 Å². The maximum atomic E-state index is 5.78. The van der Waals surface area contributed by atoms with Crippen molar-refractivity contribution in [3.63, 3.8) is 0 Å². The number of oxazole rings is 1. The Morgan fingerprint density at radius 1 is 1.35 bits per heavy atom. The first-order valence-electron chi connectivity index (χ1n) is 7.48. The lowest BCUT2D eigenvalue weighted by atomic mass is 10.2. The van der Waals surface area contributed by atoms with Gasteiger partial charge in [0.1, 0.15) is 0 Å². The molecule has 1 saturated carbocycles. The van der Waals surface area contributed by atoms with Gasteiger partial charge in [0.25, 0.3) is 0 Å². The largest absolute Gasteiger partial charge is 0.438 e. The standard InChI is InChI=1S/C15H20N4O/c1-11-9-19(12-4-5-12)8-7-18(11)10-14-17-15-13(20-14)3-2-6-16-15/h2-3,6,11-12H,4-5,7-10H2,1H3. The summed E-state index contributed by atoms with van der Waals surface area (Å²) >= 11 is 0. The van der Waals surface area contributed by atoms with Gasteiger partial charge >= 0.3 is 0 Å². The molecule has 1 aliphatic carbocycles. The Morgan fingerprint density at radius 3 is 3.00 bits per heavy atom. The van der Waals surface area contributed by atoms with E-state index in [0.717, 1.165) is 30.6 Å². The zero-order valence-electron chi connectivity index (χ0n) is 11.8. The van der Waals surface area contributed by atoms with Crippen LogP contribution in [-0.4, -0.2) is 51.5 Å². The fourth-order valence-corrected chi connectivity index (χ4v) is 3.08. The van der Waals surface area contributed by atoms with Crippen LogP contribution in [-0.2, 0) is 6.54 Å². The van der Waals surface area contributed by atoms with Gasteiger partial charge in [-0.1, -0.05) is 0 Å². The van der Waals surface area contributed by atoms with Crippen LogP contribution < -0.4 is 0 Å². The molecule has 1 aliphatic heterocycles. The van der Waals surface area contributed by atoms with E-state index in [1.54, 1.807) is 6.20 Å². The summed E-state index contributed by atoms with van der Waals surface area (Å²) in [5, 5.41) is 0. The Morgan fingerprint density at radius 2 is 2.25 bits per heavy atom. The third-order valence-electron chi connectivity index (χ3n) is 4.41. The molecule has 0 radical (unpaired) electrons. The van der Waals surface area contributed by atoms with Crippen LogP contribution in [0.25, 0.3) is 11.2 Å². The van der Waals surface area contributed by atoms with Crippen molar-refractivity contribution in [1.29, 1.82) is 0 Å². The number of hydrogen-bond donors (Lipinski definition) is 0. The lowest BCUT2D eigenvalue weighted by molar-refractivity contribution is 0.0670. The second kappa shape index (κ2) is 4.82. The number of piperazine rings is 1. The molecule has 20 heavy (non-hydrogen) atoms. The summed E-state index contributed by atoms with van der Waals surface area (Å²) in [7, 11) is 0. The zero-order chi connectivity index (χ0) is 13.5. The minimum absolute atomic E-state index is 0.562. The van der Waals surface area contributed by atoms with E-state index in [2.05, 4.69) is 26.7 Å². The van der Waals surface area contributed by atoms with Crippen LogP contribution in [0.5, 0.6) is 0 Å². The third-order valence-corrected chi connectivity index (χ3v) is 4.41. The van der Waals surface area contributed by atoms with Crippen LogP contribution >= 0.6 is 0 Å². The van der Waals surface area contributed by atoms with Gasteiger partial charge in [-0.25, -0.2) is 4.98 Å². The lowest BCUT2D eigenvalue weighted by Crippen LogP contribution is -2.51. The molecule has 4 rings (SSSR count). The topological polar surface area (TPSA) is 45.4 Å². The van der Waals surface area contributed by atoms with Crippen LogP contribution in [0.1, 0.15) is 25.7 Å². The summed E-state index contributed by atoms with van der Waals surface area (Å²) < 4.78 is 5.78. The fourth-order valence-electron chi connectivity index (χ4n) is 3.08. The van der Waals surface area contributed by atoms with Crippen molar-refractivity contribution in [1.82, 2.24) is 19.8 Å². The number of fused-ring (bicyclic) bond motifs is 1. The van der Waals surface area contributed by atoms with Crippen molar-refractivity contribution in [2.45, 2.75) is 38.4 Å². The lowest BCUT2D eigenvalue weighted by Gasteiger charge is -2.39. The van der Waals surface area contributed by atoms with E-state index in [4.69, 9.17) is 4.42 Å². The van der Waals surface area contributed by atoms with E-state index >= 15 is 0 Å². The Balaban J connectivity index is 1.45. The number of rotatable bonds is 3. The minimum atomic E-state index is 0.562. The molecular formula is C15H20N4O. The van der Waals surface area contributed by atoms with Crippen molar-refractivity contribution in [3.05, 3.63) is 24.2 Å². The molecule has 5 nitrogen and oxygen atoms in total. The SMILES string of the molecule is CC1CN(C2CC2)CCN1Cc1nc2ncccc2o1. The van der Waals surface area contributed by atoms with Gasteiger partial charge in [-0.05, 0) is 31.9 Å². The highest BCUT2D eigenvalue weighted by Gasteiger charge is 2.34. The highest BCUT2D eigenvalue weighted by molar-refractivity contribution is 5.66. The van der Waals surface area contributed by atoms with Crippen LogP contribution in [0.4, 0.5) is 0 Å². The van der Waals surface area contributed by atoms with E-state index in [1.807, 2.05) is 12.1 Å². The van der Waals surface area contributed by atoms with Crippen LogP contribution in [0.2, 0.25) is 0 Å². The fraction of sp³-hybridized carbons (Fsp3) is 0.600. The summed E-state index contributed by atoms with van der Waals surface area (Å²) in [5.41, 5.74) is 1.50. The maximum Gasteiger partial charge on any atom is 0.211 e. The molecule has 1 atom stereocenters. The minimum Gasteiger partial charge on any atom is -0.438 e. The first kappa shape index (κ1) is 12.3. The molecule has 3 heterocycles.